The third-order valence-electron chi connectivity index (χ3n) is 7.04. The van der Waals surface area contributed by atoms with Gasteiger partial charge in [0.25, 0.3) is 0 Å². The van der Waals surface area contributed by atoms with Crippen molar-refractivity contribution in [1.29, 1.82) is 0 Å². The quantitative estimate of drug-likeness (QED) is 0.328. The number of hydrogen-bond acceptors (Lipinski definition) is 5. The van der Waals surface area contributed by atoms with E-state index in [1.54, 1.807) is 26.0 Å². The maximum atomic E-state index is 12.4. The highest BCUT2D eigenvalue weighted by Gasteiger charge is 2.31. The minimum atomic E-state index is -4.70. The SMILES string of the molecule is Cc1cc(CN2CCN(Cc3ccc(-c4ccc(OC(F)(F)F)cc4)cc3)CC2)cc(C)c1OC(C)(C)C(=O)O. The Labute approximate surface area is 232 Å². The molecule has 0 amide bonds. The number of halogens is 3. The lowest BCUT2D eigenvalue weighted by Gasteiger charge is -2.35. The summed E-state index contributed by atoms with van der Waals surface area (Å²) in [6, 6.07) is 18.1. The van der Waals surface area contributed by atoms with Gasteiger partial charge in [-0.15, -0.1) is 13.2 Å². The molecule has 1 saturated heterocycles. The first-order chi connectivity index (χ1) is 18.8. The molecule has 0 unspecified atom stereocenters. The van der Waals surface area contributed by atoms with E-state index >= 15 is 0 Å². The Kier molecular flexibility index (Phi) is 8.75. The number of carbonyl (C=O) groups is 1. The molecule has 0 spiro atoms. The zero-order chi connectivity index (χ0) is 29.1. The lowest BCUT2D eigenvalue weighted by Crippen LogP contribution is -2.45. The number of piperazine rings is 1. The predicted molar refractivity (Wildman–Crippen MR) is 147 cm³/mol. The highest BCUT2D eigenvalue weighted by molar-refractivity contribution is 5.77. The summed E-state index contributed by atoms with van der Waals surface area (Å²) < 4.78 is 46.9. The molecule has 1 heterocycles. The van der Waals surface area contributed by atoms with Gasteiger partial charge < -0.3 is 14.6 Å². The van der Waals surface area contributed by atoms with Crippen molar-refractivity contribution in [3.05, 3.63) is 82.9 Å². The monoisotopic (exact) mass is 556 g/mol. The molecule has 1 fully saturated rings. The van der Waals surface area contributed by atoms with Gasteiger partial charge in [0.05, 0.1) is 0 Å². The van der Waals surface area contributed by atoms with Crippen molar-refractivity contribution >= 4 is 5.97 Å². The topological polar surface area (TPSA) is 62.2 Å². The average molecular weight is 557 g/mol. The van der Waals surface area contributed by atoms with Crippen LogP contribution in [0.3, 0.4) is 0 Å². The van der Waals surface area contributed by atoms with Crippen molar-refractivity contribution in [3.8, 4) is 22.6 Å². The van der Waals surface area contributed by atoms with Crippen molar-refractivity contribution in [2.45, 2.75) is 52.7 Å². The number of alkyl halides is 3. The number of aryl methyl sites for hydroxylation is 2. The predicted octanol–water partition coefficient (Wildman–Crippen LogP) is 6.43. The van der Waals surface area contributed by atoms with Crippen LogP contribution in [0, 0.1) is 13.8 Å². The first kappa shape index (κ1) is 29.4. The van der Waals surface area contributed by atoms with Gasteiger partial charge in [-0.2, -0.15) is 0 Å². The van der Waals surface area contributed by atoms with Crippen LogP contribution < -0.4 is 9.47 Å². The van der Waals surface area contributed by atoms with E-state index in [-0.39, 0.29) is 5.75 Å². The molecule has 0 saturated carbocycles. The number of ether oxygens (including phenoxy) is 2. The number of aliphatic carboxylic acids is 1. The summed E-state index contributed by atoms with van der Waals surface area (Å²) in [6.07, 6.45) is -4.70. The van der Waals surface area contributed by atoms with E-state index in [0.717, 1.165) is 61.5 Å². The molecular formula is C31H35F3N2O4. The number of benzene rings is 3. The fourth-order valence-electron chi connectivity index (χ4n) is 4.86. The molecule has 4 rings (SSSR count). The van der Waals surface area contributed by atoms with E-state index in [2.05, 4.69) is 38.8 Å². The number of hydrogen-bond donors (Lipinski definition) is 1. The van der Waals surface area contributed by atoms with Gasteiger partial charge in [-0.05, 0) is 73.2 Å². The fourth-order valence-corrected chi connectivity index (χ4v) is 4.86. The van der Waals surface area contributed by atoms with Gasteiger partial charge in [-0.1, -0.05) is 48.5 Å². The standard InChI is InChI=1S/C31H35F3N2O4/c1-21-17-24(18-22(2)28(21)40-30(3,4)29(37)38)20-36-15-13-35(14-16-36)19-23-5-7-25(8-6-23)26-9-11-27(12-10-26)39-31(32,33)34/h5-12,17-18H,13-16,19-20H2,1-4H3,(H,37,38). The lowest BCUT2D eigenvalue weighted by atomic mass is 10.0. The molecule has 3 aromatic carbocycles. The minimum absolute atomic E-state index is 0.233. The largest absolute Gasteiger partial charge is 0.573 e. The molecule has 0 aromatic heterocycles. The van der Waals surface area contributed by atoms with E-state index in [1.165, 1.54) is 23.3 Å². The second-order valence-corrected chi connectivity index (χ2v) is 10.8. The third kappa shape index (κ3) is 7.76. The molecule has 0 aliphatic carbocycles. The zero-order valence-corrected chi connectivity index (χ0v) is 23.2. The number of nitrogens with zero attached hydrogens (tertiary/aromatic N) is 2. The Hall–Kier alpha value is -3.56. The van der Waals surface area contributed by atoms with Crippen LogP contribution in [0.1, 0.15) is 36.1 Å². The molecule has 1 N–H and O–H groups in total. The second kappa shape index (κ2) is 11.9. The zero-order valence-electron chi connectivity index (χ0n) is 23.2. The highest BCUT2D eigenvalue weighted by Crippen LogP contribution is 2.30. The van der Waals surface area contributed by atoms with Crippen molar-refractivity contribution < 1.29 is 32.5 Å². The van der Waals surface area contributed by atoms with Crippen molar-refractivity contribution in [2.24, 2.45) is 0 Å². The van der Waals surface area contributed by atoms with E-state index in [9.17, 15) is 23.1 Å². The van der Waals surface area contributed by atoms with Gasteiger partial charge in [0, 0.05) is 39.3 Å². The first-order valence-electron chi connectivity index (χ1n) is 13.2. The number of carboxylic acids is 1. The van der Waals surface area contributed by atoms with Crippen LogP contribution >= 0.6 is 0 Å². The Morgan fingerprint density at radius 3 is 1.68 bits per heavy atom. The molecule has 3 aromatic rings. The molecule has 1 aliphatic rings. The van der Waals surface area contributed by atoms with Crippen LogP contribution in [0.2, 0.25) is 0 Å². The Morgan fingerprint density at radius 1 is 0.775 bits per heavy atom. The molecule has 0 bridgehead atoms. The Morgan fingerprint density at radius 2 is 1.23 bits per heavy atom. The third-order valence-corrected chi connectivity index (χ3v) is 7.04. The van der Waals surface area contributed by atoms with Gasteiger partial charge in [0.2, 0.25) is 0 Å². The maximum Gasteiger partial charge on any atom is 0.573 e. The van der Waals surface area contributed by atoms with Crippen LogP contribution in [0.5, 0.6) is 11.5 Å². The van der Waals surface area contributed by atoms with Gasteiger partial charge in [0.15, 0.2) is 5.60 Å². The van der Waals surface area contributed by atoms with Gasteiger partial charge >= 0.3 is 12.3 Å². The number of carboxylic acid groups (broad SMARTS) is 1. The summed E-state index contributed by atoms with van der Waals surface area (Å²) in [5, 5.41) is 9.40. The summed E-state index contributed by atoms with van der Waals surface area (Å²) in [6.45, 7) is 12.4. The van der Waals surface area contributed by atoms with Gasteiger partial charge in [0.1, 0.15) is 11.5 Å². The molecule has 6 nitrogen and oxygen atoms in total. The van der Waals surface area contributed by atoms with Crippen LogP contribution in [0.4, 0.5) is 13.2 Å². The van der Waals surface area contributed by atoms with E-state index in [1.807, 2.05) is 26.0 Å². The molecule has 9 heteroatoms. The summed E-state index contributed by atoms with van der Waals surface area (Å²) in [7, 11) is 0. The average Bonchev–Trinajstić information content (AvgIpc) is 2.87. The minimum Gasteiger partial charge on any atom is -0.478 e. The van der Waals surface area contributed by atoms with Gasteiger partial charge in [-0.25, -0.2) is 4.79 Å². The number of rotatable bonds is 9. The van der Waals surface area contributed by atoms with E-state index in [4.69, 9.17) is 4.74 Å². The molecule has 214 valence electrons. The summed E-state index contributed by atoms with van der Waals surface area (Å²) >= 11 is 0. The first-order valence-corrected chi connectivity index (χ1v) is 13.2. The van der Waals surface area contributed by atoms with Crippen LogP contribution in [-0.2, 0) is 17.9 Å². The van der Waals surface area contributed by atoms with E-state index < -0.39 is 17.9 Å². The highest BCUT2D eigenvalue weighted by atomic mass is 19.4. The summed E-state index contributed by atoms with van der Waals surface area (Å²) in [4.78, 5) is 16.3. The summed E-state index contributed by atoms with van der Waals surface area (Å²) in [5.74, 6) is -0.611. The Bertz CT molecular complexity index is 1290. The lowest BCUT2D eigenvalue weighted by molar-refractivity contribution is -0.274. The smallest absolute Gasteiger partial charge is 0.478 e. The fraction of sp³-hybridized carbons (Fsp3) is 0.387. The molecule has 40 heavy (non-hydrogen) atoms. The van der Waals surface area contributed by atoms with Crippen LogP contribution in [-0.4, -0.2) is 59.0 Å². The molecule has 0 atom stereocenters. The van der Waals surface area contributed by atoms with Crippen molar-refractivity contribution in [3.63, 3.8) is 0 Å². The van der Waals surface area contributed by atoms with E-state index in [0.29, 0.717) is 5.75 Å². The van der Waals surface area contributed by atoms with Crippen molar-refractivity contribution in [1.82, 2.24) is 9.80 Å². The Balaban J connectivity index is 1.28. The summed E-state index contributed by atoms with van der Waals surface area (Å²) in [5.41, 5.74) is 4.67. The van der Waals surface area contributed by atoms with Crippen LogP contribution in [0.15, 0.2) is 60.7 Å². The molecule has 1 aliphatic heterocycles. The van der Waals surface area contributed by atoms with Gasteiger partial charge in [-0.3, -0.25) is 9.80 Å². The normalized spacial score (nSPS) is 15.2. The van der Waals surface area contributed by atoms with Crippen molar-refractivity contribution in [2.75, 3.05) is 26.2 Å². The maximum absolute atomic E-state index is 12.4. The molecular weight excluding hydrogens is 521 g/mol. The molecule has 0 radical (unpaired) electrons. The van der Waals surface area contributed by atoms with Crippen LogP contribution in [0.25, 0.3) is 11.1 Å². The second-order valence-electron chi connectivity index (χ2n) is 10.8.